The van der Waals surface area contributed by atoms with Gasteiger partial charge in [0.05, 0.1) is 7.11 Å². The van der Waals surface area contributed by atoms with Crippen molar-refractivity contribution in [3.8, 4) is 5.75 Å². The summed E-state index contributed by atoms with van der Waals surface area (Å²) in [4.78, 5) is 28.7. The zero-order valence-electron chi connectivity index (χ0n) is 17.8. The topological polar surface area (TPSA) is 58.6 Å². The molecule has 0 unspecified atom stereocenters. The minimum atomic E-state index is -0.928. The zero-order chi connectivity index (χ0) is 21.1. The molecule has 0 spiro atoms. The Morgan fingerprint density at radius 3 is 2.50 bits per heavy atom. The number of methoxy groups -OCH3 is 1. The second-order valence-corrected chi connectivity index (χ2v) is 8.66. The molecule has 1 fully saturated rings. The Morgan fingerprint density at radius 2 is 1.80 bits per heavy atom. The van der Waals surface area contributed by atoms with E-state index in [1.165, 1.54) is 6.42 Å². The molecule has 0 aromatic heterocycles. The molecule has 5 heteroatoms. The molecule has 2 aromatic carbocycles. The summed E-state index contributed by atoms with van der Waals surface area (Å²) in [5.41, 5.74) is 1.67. The standard InChI is InChI=1S/C25H30N2O3/c1-25(24(29)26-20-9-4-3-5-10-20)16-19-8-6-7-11-22(19)23(28)27(25)17-18-12-14-21(30-2)15-13-18/h6-8,11-15,20H,3-5,9-10,16-17H2,1-2H3,(H,26,29)/t25-/m0/s1. The van der Waals surface area contributed by atoms with E-state index in [1.54, 1.807) is 12.0 Å². The maximum Gasteiger partial charge on any atom is 0.255 e. The van der Waals surface area contributed by atoms with Gasteiger partial charge >= 0.3 is 0 Å². The van der Waals surface area contributed by atoms with Crippen molar-refractivity contribution in [2.75, 3.05) is 7.11 Å². The molecule has 0 saturated heterocycles. The molecule has 1 N–H and O–H groups in total. The van der Waals surface area contributed by atoms with Crippen LogP contribution in [0.3, 0.4) is 0 Å². The van der Waals surface area contributed by atoms with Gasteiger partial charge in [-0.3, -0.25) is 9.59 Å². The van der Waals surface area contributed by atoms with Crippen molar-refractivity contribution in [3.63, 3.8) is 0 Å². The highest BCUT2D eigenvalue weighted by Crippen LogP contribution is 2.33. The number of nitrogens with zero attached hydrogens (tertiary/aromatic N) is 1. The van der Waals surface area contributed by atoms with Crippen LogP contribution in [0.25, 0.3) is 0 Å². The number of fused-ring (bicyclic) bond motifs is 1. The van der Waals surface area contributed by atoms with Crippen molar-refractivity contribution in [3.05, 3.63) is 65.2 Å². The third-order valence-corrected chi connectivity index (χ3v) is 6.55. The van der Waals surface area contributed by atoms with Gasteiger partial charge in [0.1, 0.15) is 11.3 Å². The van der Waals surface area contributed by atoms with Crippen LogP contribution >= 0.6 is 0 Å². The molecule has 158 valence electrons. The average molecular weight is 407 g/mol. The maximum atomic E-state index is 13.5. The minimum Gasteiger partial charge on any atom is -0.497 e. The summed E-state index contributed by atoms with van der Waals surface area (Å²) in [6.07, 6.45) is 6.09. The second kappa shape index (κ2) is 8.50. The molecule has 4 rings (SSSR count). The largest absolute Gasteiger partial charge is 0.497 e. The first-order valence-electron chi connectivity index (χ1n) is 10.8. The molecule has 0 radical (unpaired) electrons. The molecule has 1 atom stereocenters. The molecular formula is C25H30N2O3. The van der Waals surface area contributed by atoms with E-state index in [0.717, 1.165) is 42.6 Å². The predicted molar refractivity (Wildman–Crippen MR) is 116 cm³/mol. The van der Waals surface area contributed by atoms with Gasteiger partial charge in [-0.05, 0) is 49.1 Å². The van der Waals surface area contributed by atoms with Gasteiger partial charge in [0, 0.05) is 24.6 Å². The fraction of sp³-hybridized carbons (Fsp3) is 0.440. The van der Waals surface area contributed by atoms with Gasteiger partial charge in [-0.1, -0.05) is 49.6 Å². The van der Waals surface area contributed by atoms with E-state index in [4.69, 9.17) is 4.74 Å². The number of carbonyl (C=O) groups is 2. The first kappa shape index (κ1) is 20.5. The lowest BCUT2D eigenvalue weighted by Gasteiger charge is -2.45. The summed E-state index contributed by atoms with van der Waals surface area (Å²) in [6, 6.07) is 15.5. The van der Waals surface area contributed by atoms with Crippen LogP contribution in [0, 0.1) is 0 Å². The summed E-state index contributed by atoms with van der Waals surface area (Å²) in [5.74, 6) is 0.631. The first-order chi connectivity index (χ1) is 14.5. The number of amides is 2. The van der Waals surface area contributed by atoms with E-state index in [0.29, 0.717) is 18.5 Å². The van der Waals surface area contributed by atoms with Gasteiger partial charge in [0.25, 0.3) is 5.91 Å². The number of hydrogen-bond donors (Lipinski definition) is 1. The molecule has 2 aromatic rings. The molecule has 2 aliphatic rings. The minimum absolute atomic E-state index is 0.0502. The number of hydrogen-bond acceptors (Lipinski definition) is 3. The quantitative estimate of drug-likeness (QED) is 0.813. The highest BCUT2D eigenvalue weighted by molar-refractivity contribution is 6.02. The summed E-state index contributed by atoms with van der Waals surface area (Å²) in [7, 11) is 1.63. The lowest BCUT2D eigenvalue weighted by Crippen LogP contribution is -2.63. The van der Waals surface area contributed by atoms with E-state index >= 15 is 0 Å². The molecule has 1 aliphatic heterocycles. The van der Waals surface area contributed by atoms with Crippen LogP contribution in [-0.2, 0) is 17.8 Å². The van der Waals surface area contributed by atoms with Gasteiger partial charge < -0.3 is 15.0 Å². The van der Waals surface area contributed by atoms with E-state index in [-0.39, 0.29) is 17.9 Å². The van der Waals surface area contributed by atoms with Crippen LogP contribution in [0.15, 0.2) is 48.5 Å². The van der Waals surface area contributed by atoms with Crippen molar-refractivity contribution in [2.24, 2.45) is 0 Å². The van der Waals surface area contributed by atoms with Crippen LogP contribution in [0.1, 0.15) is 60.5 Å². The second-order valence-electron chi connectivity index (χ2n) is 8.66. The number of rotatable bonds is 5. The molecule has 1 heterocycles. The molecular weight excluding hydrogens is 376 g/mol. The highest BCUT2D eigenvalue weighted by Gasteiger charge is 2.47. The Labute approximate surface area is 178 Å². The van der Waals surface area contributed by atoms with Crippen LogP contribution in [0.5, 0.6) is 5.75 Å². The molecule has 1 saturated carbocycles. The van der Waals surface area contributed by atoms with Crippen LogP contribution < -0.4 is 10.1 Å². The number of ether oxygens (including phenoxy) is 1. The lowest BCUT2D eigenvalue weighted by atomic mass is 9.82. The van der Waals surface area contributed by atoms with Crippen LogP contribution in [0.4, 0.5) is 0 Å². The van der Waals surface area contributed by atoms with E-state index < -0.39 is 5.54 Å². The van der Waals surface area contributed by atoms with Crippen LogP contribution in [0.2, 0.25) is 0 Å². The van der Waals surface area contributed by atoms with Crippen molar-refractivity contribution in [2.45, 2.75) is 63.6 Å². The summed E-state index contributed by atoms with van der Waals surface area (Å²) in [5, 5.41) is 3.26. The Bertz CT molecular complexity index is 918. The summed E-state index contributed by atoms with van der Waals surface area (Å²) in [6.45, 7) is 2.29. The Kier molecular flexibility index (Phi) is 5.80. The van der Waals surface area contributed by atoms with Crippen LogP contribution in [-0.4, -0.2) is 35.4 Å². The SMILES string of the molecule is COc1ccc(CN2C(=O)c3ccccc3C[C@@]2(C)C(=O)NC2CCCCC2)cc1. The van der Waals surface area contributed by atoms with Gasteiger partial charge in [0.15, 0.2) is 0 Å². The Hall–Kier alpha value is -2.82. The predicted octanol–water partition coefficient (Wildman–Crippen LogP) is 4.10. The third-order valence-electron chi connectivity index (χ3n) is 6.55. The fourth-order valence-electron chi connectivity index (χ4n) is 4.67. The van der Waals surface area contributed by atoms with E-state index in [2.05, 4.69) is 5.32 Å². The van der Waals surface area contributed by atoms with Crippen molar-refractivity contribution >= 4 is 11.8 Å². The third kappa shape index (κ3) is 3.93. The highest BCUT2D eigenvalue weighted by atomic mass is 16.5. The Morgan fingerprint density at radius 1 is 1.10 bits per heavy atom. The lowest BCUT2D eigenvalue weighted by molar-refractivity contribution is -0.133. The van der Waals surface area contributed by atoms with Crippen molar-refractivity contribution in [1.29, 1.82) is 0 Å². The molecule has 2 amide bonds. The van der Waals surface area contributed by atoms with Crippen molar-refractivity contribution in [1.82, 2.24) is 10.2 Å². The van der Waals surface area contributed by atoms with Gasteiger partial charge in [-0.25, -0.2) is 0 Å². The summed E-state index contributed by atoms with van der Waals surface area (Å²) >= 11 is 0. The van der Waals surface area contributed by atoms with Gasteiger partial charge in [-0.15, -0.1) is 0 Å². The van der Waals surface area contributed by atoms with Crippen molar-refractivity contribution < 1.29 is 14.3 Å². The monoisotopic (exact) mass is 406 g/mol. The zero-order valence-corrected chi connectivity index (χ0v) is 17.8. The number of benzene rings is 2. The molecule has 5 nitrogen and oxygen atoms in total. The maximum absolute atomic E-state index is 13.5. The van der Waals surface area contributed by atoms with Gasteiger partial charge in [-0.2, -0.15) is 0 Å². The summed E-state index contributed by atoms with van der Waals surface area (Å²) < 4.78 is 5.25. The molecule has 0 bridgehead atoms. The number of carbonyl (C=O) groups excluding carboxylic acids is 2. The normalized spacial score (nSPS) is 21.8. The molecule has 1 aliphatic carbocycles. The molecule has 30 heavy (non-hydrogen) atoms. The first-order valence-corrected chi connectivity index (χ1v) is 10.8. The average Bonchev–Trinajstić information content (AvgIpc) is 2.78. The Balaban J connectivity index is 1.65. The smallest absolute Gasteiger partial charge is 0.255 e. The van der Waals surface area contributed by atoms with E-state index in [1.807, 2.05) is 55.5 Å². The fourth-order valence-corrected chi connectivity index (χ4v) is 4.67. The van der Waals surface area contributed by atoms with E-state index in [9.17, 15) is 9.59 Å². The van der Waals surface area contributed by atoms with Gasteiger partial charge in [0.2, 0.25) is 5.91 Å². The number of nitrogens with one attached hydrogen (secondary N) is 1.